The summed E-state index contributed by atoms with van der Waals surface area (Å²) >= 11 is 3.45. The summed E-state index contributed by atoms with van der Waals surface area (Å²) in [5.74, 6) is 0.0838. The van der Waals surface area contributed by atoms with Gasteiger partial charge in [-0.1, -0.05) is 17.8 Å². The lowest BCUT2D eigenvalue weighted by Crippen LogP contribution is -2.27. The Hall–Kier alpha value is -3.46. The Morgan fingerprint density at radius 1 is 1.34 bits per heavy atom. The number of aromatic nitrogens is 3. The maximum Gasteiger partial charge on any atom is 0.270 e. The average Bonchev–Trinajstić information content (AvgIpc) is 3.20. The lowest BCUT2D eigenvalue weighted by atomic mass is 10.2. The zero-order valence-corrected chi connectivity index (χ0v) is 21.6. The number of halogens is 1. The van der Waals surface area contributed by atoms with Crippen molar-refractivity contribution in [1.82, 2.24) is 20.2 Å². The number of phenolic OH excluding ortho intramolecular Hbond substituents is 1. The molecule has 0 aliphatic heterocycles. The van der Waals surface area contributed by atoms with Crippen molar-refractivity contribution in [2.75, 3.05) is 5.32 Å². The van der Waals surface area contributed by atoms with Gasteiger partial charge in [-0.15, -0.1) is 16.8 Å². The molecule has 0 fully saturated rings. The summed E-state index contributed by atoms with van der Waals surface area (Å²) in [4.78, 5) is 22.8. The Morgan fingerprint density at radius 3 is 2.77 bits per heavy atom. The third-order valence-corrected chi connectivity index (χ3v) is 6.45. The number of carbonyl (C=O) groups is 1. The van der Waals surface area contributed by atoms with Gasteiger partial charge in [-0.2, -0.15) is 5.10 Å². The molecule has 3 aromatic rings. The SMILES string of the molecule is C=CCn1c(CNc2ccc(I)cc2)nnc1SC(C)C(=O)NN=Cc1cc([N+](=O)[O-])ccc1O. The Kier molecular flexibility index (Phi) is 9.19. The Balaban J connectivity index is 1.62. The summed E-state index contributed by atoms with van der Waals surface area (Å²) < 4.78 is 3.01. The van der Waals surface area contributed by atoms with E-state index in [0.29, 0.717) is 24.1 Å². The first-order valence-electron chi connectivity index (χ1n) is 10.3. The highest BCUT2D eigenvalue weighted by atomic mass is 127. The van der Waals surface area contributed by atoms with Crippen LogP contribution in [-0.2, 0) is 17.9 Å². The molecule has 1 aromatic heterocycles. The lowest BCUT2D eigenvalue weighted by molar-refractivity contribution is -0.384. The van der Waals surface area contributed by atoms with Crippen LogP contribution in [-0.4, -0.2) is 42.2 Å². The van der Waals surface area contributed by atoms with Gasteiger partial charge in [0.1, 0.15) is 5.75 Å². The van der Waals surface area contributed by atoms with Crippen molar-refractivity contribution in [2.45, 2.75) is 30.4 Å². The number of non-ortho nitro benzene ring substituents is 1. The molecule has 3 N–H and O–H groups in total. The predicted molar refractivity (Wildman–Crippen MR) is 143 cm³/mol. The van der Waals surface area contributed by atoms with Gasteiger partial charge in [-0.3, -0.25) is 14.9 Å². The van der Waals surface area contributed by atoms with Crippen molar-refractivity contribution in [3.8, 4) is 5.75 Å². The van der Waals surface area contributed by atoms with Crippen LogP contribution in [0, 0.1) is 13.7 Å². The van der Waals surface area contributed by atoms with E-state index in [1.54, 1.807) is 13.0 Å². The second kappa shape index (κ2) is 12.3. The van der Waals surface area contributed by atoms with E-state index in [0.717, 1.165) is 21.5 Å². The number of anilines is 1. The lowest BCUT2D eigenvalue weighted by Gasteiger charge is -2.12. The molecule has 0 saturated carbocycles. The Bertz CT molecular complexity index is 1250. The van der Waals surface area contributed by atoms with Gasteiger partial charge in [-0.25, -0.2) is 5.43 Å². The van der Waals surface area contributed by atoms with E-state index >= 15 is 0 Å². The van der Waals surface area contributed by atoms with Crippen LogP contribution in [0.2, 0.25) is 0 Å². The van der Waals surface area contributed by atoms with Crippen molar-refractivity contribution in [3.63, 3.8) is 0 Å². The first-order chi connectivity index (χ1) is 16.8. The van der Waals surface area contributed by atoms with E-state index < -0.39 is 16.1 Å². The van der Waals surface area contributed by atoms with E-state index in [-0.39, 0.29) is 17.0 Å². The predicted octanol–water partition coefficient (Wildman–Crippen LogP) is 3.93. The second-order valence-electron chi connectivity index (χ2n) is 7.15. The highest BCUT2D eigenvalue weighted by molar-refractivity contribution is 14.1. The third-order valence-electron chi connectivity index (χ3n) is 4.65. The van der Waals surface area contributed by atoms with Crippen LogP contribution >= 0.6 is 34.4 Å². The van der Waals surface area contributed by atoms with Gasteiger partial charge in [0.2, 0.25) is 0 Å². The standard InChI is InChI=1S/C22H22IN7O4S/c1-3-10-29-20(13-24-17-6-4-16(23)5-7-17)26-28-22(29)35-14(2)21(32)27-25-12-15-11-18(30(33)34)8-9-19(15)31/h3-9,11-12,14,24,31H,1,10,13H2,2H3,(H,27,32). The topological polar surface area (TPSA) is 148 Å². The fourth-order valence-electron chi connectivity index (χ4n) is 2.83. The summed E-state index contributed by atoms with van der Waals surface area (Å²) in [5.41, 5.74) is 3.23. The first-order valence-corrected chi connectivity index (χ1v) is 12.2. The molecule has 2 aromatic carbocycles. The number of carbonyl (C=O) groups excluding carboxylic acids is 1. The maximum absolute atomic E-state index is 12.5. The van der Waals surface area contributed by atoms with Crippen molar-refractivity contribution in [2.24, 2.45) is 5.10 Å². The van der Waals surface area contributed by atoms with E-state index in [9.17, 15) is 20.0 Å². The van der Waals surface area contributed by atoms with Crippen molar-refractivity contribution in [3.05, 3.63) is 80.2 Å². The van der Waals surface area contributed by atoms with Gasteiger partial charge in [0.15, 0.2) is 11.0 Å². The minimum absolute atomic E-state index is 0.107. The molecule has 13 heteroatoms. The number of allylic oxidation sites excluding steroid dienone is 1. The molecule has 35 heavy (non-hydrogen) atoms. The molecule has 0 radical (unpaired) electrons. The van der Waals surface area contributed by atoms with Crippen LogP contribution in [0.5, 0.6) is 5.75 Å². The Morgan fingerprint density at radius 2 is 2.09 bits per heavy atom. The highest BCUT2D eigenvalue weighted by Crippen LogP contribution is 2.24. The number of thioether (sulfide) groups is 1. The number of nitro groups is 1. The molecule has 0 aliphatic rings. The van der Waals surface area contributed by atoms with Gasteiger partial charge >= 0.3 is 0 Å². The van der Waals surface area contributed by atoms with Gasteiger partial charge in [0.25, 0.3) is 11.6 Å². The van der Waals surface area contributed by atoms with Crippen LogP contribution in [0.15, 0.2) is 65.4 Å². The fraction of sp³-hybridized carbons (Fsp3) is 0.182. The van der Waals surface area contributed by atoms with Crippen LogP contribution in [0.1, 0.15) is 18.3 Å². The second-order valence-corrected chi connectivity index (χ2v) is 9.71. The molecule has 0 aliphatic carbocycles. The van der Waals surface area contributed by atoms with E-state index in [2.05, 4.69) is 55.2 Å². The van der Waals surface area contributed by atoms with E-state index in [4.69, 9.17) is 0 Å². The average molecular weight is 607 g/mol. The fourth-order valence-corrected chi connectivity index (χ4v) is 4.06. The third kappa shape index (κ3) is 7.26. The molecule has 1 unspecified atom stereocenters. The molecule has 1 atom stereocenters. The number of nitrogens with one attached hydrogen (secondary N) is 2. The molecular formula is C22H22IN7O4S. The maximum atomic E-state index is 12.5. The summed E-state index contributed by atoms with van der Waals surface area (Å²) in [5, 5.41) is 36.3. The number of hydrogen-bond donors (Lipinski definition) is 3. The number of nitrogens with zero attached hydrogens (tertiary/aromatic N) is 5. The molecule has 182 valence electrons. The summed E-state index contributed by atoms with van der Waals surface area (Å²) in [7, 11) is 0. The molecule has 0 spiro atoms. The number of hydrogen-bond acceptors (Lipinski definition) is 9. The van der Waals surface area contributed by atoms with Gasteiger partial charge in [0, 0.05) is 33.5 Å². The van der Waals surface area contributed by atoms with Crippen molar-refractivity contribution >= 4 is 57.8 Å². The number of amides is 1. The summed E-state index contributed by atoms with van der Waals surface area (Å²) in [6, 6.07) is 11.5. The molecule has 11 nitrogen and oxygen atoms in total. The van der Waals surface area contributed by atoms with E-state index in [1.165, 1.54) is 23.9 Å². The number of benzene rings is 2. The number of nitro benzene ring substituents is 1. The quantitative estimate of drug-likeness (QED) is 0.0742. The minimum atomic E-state index is -0.586. The molecule has 1 amide bonds. The largest absolute Gasteiger partial charge is 0.507 e. The van der Waals surface area contributed by atoms with Gasteiger partial charge in [-0.05, 0) is 59.8 Å². The van der Waals surface area contributed by atoms with Crippen LogP contribution in [0.4, 0.5) is 11.4 Å². The molecule has 3 rings (SSSR count). The first kappa shape index (κ1) is 26.2. The number of aromatic hydroxyl groups is 1. The number of phenols is 1. The Labute approximate surface area is 219 Å². The molecular weight excluding hydrogens is 585 g/mol. The zero-order valence-electron chi connectivity index (χ0n) is 18.6. The monoisotopic (exact) mass is 607 g/mol. The van der Waals surface area contributed by atoms with Crippen molar-refractivity contribution in [1.29, 1.82) is 0 Å². The van der Waals surface area contributed by atoms with Gasteiger partial charge < -0.3 is 15.0 Å². The molecule has 0 saturated heterocycles. The summed E-state index contributed by atoms with van der Waals surface area (Å²) in [6.07, 6.45) is 2.87. The molecule has 0 bridgehead atoms. The number of hydrazone groups is 1. The van der Waals surface area contributed by atoms with Crippen LogP contribution < -0.4 is 10.7 Å². The van der Waals surface area contributed by atoms with Gasteiger partial charge in [0.05, 0.1) is 22.9 Å². The highest BCUT2D eigenvalue weighted by Gasteiger charge is 2.20. The number of rotatable bonds is 11. The van der Waals surface area contributed by atoms with E-state index in [1.807, 2.05) is 28.8 Å². The smallest absolute Gasteiger partial charge is 0.270 e. The van der Waals surface area contributed by atoms with Crippen molar-refractivity contribution < 1.29 is 14.8 Å². The summed E-state index contributed by atoms with van der Waals surface area (Å²) in [6.45, 7) is 6.39. The van der Waals surface area contributed by atoms with Crippen LogP contribution in [0.3, 0.4) is 0 Å². The van der Waals surface area contributed by atoms with Crippen LogP contribution in [0.25, 0.3) is 0 Å². The zero-order chi connectivity index (χ0) is 25.4. The minimum Gasteiger partial charge on any atom is -0.507 e. The normalized spacial score (nSPS) is 11.8. The molecule has 1 heterocycles.